The van der Waals surface area contributed by atoms with Gasteiger partial charge in [-0.15, -0.1) is 0 Å². The zero-order valence-electron chi connectivity index (χ0n) is 14.5. The SMILES string of the molecule is Fc1ccccc1NC1=NC2N=C(C(F)(F)F)NC2N=C1Nc1ccccc1F. The number of alkyl halides is 3. The molecule has 4 rings (SSSR count). The number of nitrogens with zero attached hydrogens (tertiary/aromatic N) is 3. The predicted molar refractivity (Wildman–Crippen MR) is 99.1 cm³/mol. The lowest BCUT2D eigenvalue weighted by Crippen LogP contribution is -2.45. The quantitative estimate of drug-likeness (QED) is 0.666. The van der Waals surface area contributed by atoms with E-state index in [0.29, 0.717) is 0 Å². The van der Waals surface area contributed by atoms with Gasteiger partial charge in [-0.1, -0.05) is 24.3 Å². The van der Waals surface area contributed by atoms with Gasteiger partial charge in [-0.05, 0) is 24.3 Å². The van der Waals surface area contributed by atoms with Gasteiger partial charge in [-0.25, -0.2) is 23.8 Å². The van der Waals surface area contributed by atoms with Crippen LogP contribution in [0.15, 0.2) is 63.5 Å². The number of amidine groups is 3. The first-order valence-electron chi connectivity index (χ1n) is 8.42. The second-order valence-electron chi connectivity index (χ2n) is 6.14. The van der Waals surface area contributed by atoms with Gasteiger partial charge in [0.2, 0.25) is 5.84 Å². The Labute approximate surface area is 161 Å². The fourth-order valence-corrected chi connectivity index (χ4v) is 2.77. The van der Waals surface area contributed by atoms with E-state index in [1.54, 1.807) is 12.1 Å². The molecule has 0 amide bonds. The van der Waals surface area contributed by atoms with Crippen LogP contribution in [0.3, 0.4) is 0 Å². The highest BCUT2D eigenvalue weighted by Crippen LogP contribution is 2.26. The van der Waals surface area contributed by atoms with E-state index in [1.807, 2.05) is 0 Å². The highest BCUT2D eigenvalue weighted by Gasteiger charge is 2.45. The average molecular weight is 408 g/mol. The van der Waals surface area contributed by atoms with Crippen molar-refractivity contribution in [2.75, 3.05) is 10.6 Å². The summed E-state index contributed by atoms with van der Waals surface area (Å²) in [4.78, 5) is 11.8. The lowest BCUT2D eigenvalue weighted by molar-refractivity contribution is -0.0613. The number of para-hydroxylation sites is 2. The molecule has 6 nitrogen and oxygen atoms in total. The van der Waals surface area contributed by atoms with E-state index in [4.69, 9.17) is 0 Å². The maximum Gasteiger partial charge on any atom is 0.448 e. The Balaban J connectivity index is 1.69. The molecule has 0 fully saturated rings. The smallest absolute Gasteiger partial charge is 0.341 e. The third kappa shape index (κ3) is 3.89. The van der Waals surface area contributed by atoms with Crippen molar-refractivity contribution < 1.29 is 22.0 Å². The molecule has 0 bridgehead atoms. The van der Waals surface area contributed by atoms with E-state index >= 15 is 0 Å². The summed E-state index contributed by atoms with van der Waals surface area (Å²) in [5, 5.41) is 7.53. The van der Waals surface area contributed by atoms with Gasteiger partial charge in [0.05, 0.1) is 11.4 Å². The number of benzene rings is 2. The third-order valence-electron chi connectivity index (χ3n) is 4.10. The molecule has 11 heteroatoms. The summed E-state index contributed by atoms with van der Waals surface area (Å²) in [6.45, 7) is 0. The Morgan fingerprint density at radius 2 is 1.28 bits per heavy atom. The summed E-state index contributed by atoms with van der Waals surface area (Å²) in [6.07, 6.45) is -7.03. The van der Waals surface area contributed by atoms with Crippen molar-refractivity contribution >= 4 is 28.9 Å². The molecule has 2 heterocycles. The Kier molecular flexibility index (Phi) is 4.65. The fraction of sp³-hybridized carbons (Fsp3) is 0.167. The van der Waals surface area contributed by atoms with Crippen LogP contribution < -0.4 is 16.0 Å². The minimum absolute atomic E-state index is 0.0266. The molecule has 2 aromatic carbocycles. The number of anilines is 2. The largest absolute Gasteiger partial charge is 0.448 e. The van der Waals surface area contributed by atoms with E-state index < -0.39 is 36.0 Å². The maximum atomic E-state index is 14.0. The maximum absolute atomic E-state index is 14.0. The first-order valence-corrected chi connectivity index (χ1v) is 8.42. The molecule has 0 saturated carbocycles. The summed E-state index contributed by atoms with van der Waals surface area (Å²) >= 11 is 0. The number of aliphatic imine (C=N–C) groups is 3. The second-order valence-corrected chi connectivity index (χ2v) is 6.14. The molecule has 0 radical (unpaired) electrons. The average Bonchev–Trinajstić information content (AvgIpc) is 3.09. The van der Waals surface area contributed by atoms with Crippen molar-refractivity contribution in [1.82, 2.24) is 5.32 Å². The minimum atomic E-state index is -4.69. The Morgan fingerprint density at radius 3 is 1.79 bits per heavy atom. The highest BCUT2D eigenvalue weighted by molar-refractivity contribution is 6.49. The second kappa shape index (κ2) is 7.15. The van der Waals surface area contributed by atoms with Gasteiger partial charge in [0.1, 0.15) is 11.6 Å². The molecule has 0 aromatic heterocycles. The van der Waals surface area contributed by atoms with Gasteiger partial charge >= 0.3 is 6.18 Å². The van der Waals surface area contributed by atoms with Crippen LogP contribution in [0.5, 0.6) is 0 Å². The van der Waals surface area contributed by atoms with E-state index in [1.165, 1.54) is 36.4 Å². The molecule has 0 saturated heterocycles. The standard InChI is InChI=1S/C18H13F5N6/c19-9-5-1-3-7-11(9)24-13-14(25-12-8-4-2-6-10(12)20)27-16-15(26-13)28-17(29-16)18(21,22)23/h1-8,15-16H,(H,24,26)(H,25,27)(H,28,29). The molecule has 2 aliphatic rings. The Bertz CT molecular complexity index is 1030. The fourth-order valence-electron chi connectivity index (χ4n) is 2.77. The van der Waals surface area contributed by atoms with E-state index in [0.717, 1.165) is 0 Å². The number of hydrogen-bond donors (Lipinski definition) is 3. The van der Waals surface area contributed by atoms with Crippen LogP contribution in [0.2, 0.25) is 0 Å². The molecule has 2 aliphatic heterocycles. The first kappa shape index (κ1) is 18.8. The van der Waals surface area contributed by atoms with E-state index in [2.05, 4.69) is 30.9 Å². The topological polar surface area (TPSA) is 73.2 Å². The van der Waals surface area contributed by atoms with Crippen LogP contribution in [0.25, 0.3) is 0 Å². The van der Waals surface area contributed by atoms with Crippen LogP contribution in [0, 0.1) is 11.6 Å². The van der Waals surface area contributed by atoms with Crippen molar-refractivity contribution in [2.45, 2.75) is 18.5 Å². The predicted octanol–water partition coefficient (Wildman–Crippen LogP) is 3.52. The van der Waals surface area contributed by atoms with Crippen molar-refractivity contribution in [3.63, 3.8) is 0 Å². The molecule has 150 valence electrons. The van der Waals surface area contributed by atoms with Crippen molar-refractivity contribution in [3.05, 3.63) is 60.2 Å². The van der Waals surface area contributed by atoms with Gasteiger partial charge in [0.25, 0.3) is 0 Å². The molecule has 0 aliphatic carbocycles. The van der Waals surface area contributed by atoms with E-state index in [-0.39, 0.29) is 23.0 Å². The minimum Gasteiger partial charge on any atom is -0.341 e. The van der Waals surface area contributed by atoms with E-state index in [9.17, 15) is 22.0 Å². The van der Waals surface area contributed by atoms with Crippen LogP contribution in [-0.4, -0.2) is 36.0 Å². The lowest BCUT2D eigenvalue weighted by Gasteiger charge is -2.23. The van der Waals surface area contributed by atoms with Gasteiger partial charge in [0.15, 0.2) is 24.0 Å². The number of hydrogen-bond acceptors (Lipinski definition) is 6. The molecular weight excluding hydrogens is 395 g/mol. The highest BCUT2D eigenvalue weighted by atomic mass is 19.4. The van der Waals surface area contributed by atoms with Gasteiger partial charge in [-0.3, -0.25) is 0 Å². The zero-order chi connectivity index (χ0) is 20.6. The summed E-state index contributed by atoms with van der Waals surface area (Å²) in [5.41, 5.74) is 0.0569. The third-order valence-corrected chi connectivity index (χ3v) is 4.10. The zero-order valence-corrected chi connectivity index (χ0v) is 14.5. The number of nitrogens with one attached hydrogen (secondary N) is 3. The molecule has 2 atom stereocenters. The summed E-state index contributed by atoms with van der Waals surface area (Å²) < 4.78 is 67.0. The van der Waals surface area contributed by atoms with Gasteiger partial charge in [-0.2, -0.15) is 13.2 Å². The summed E-state index contributed by atoms with van der Waals surface area (Å²) in [6, 6.07) is 11.3. The molecular formula is C18H13F5N6. The summed E-state index contributed by atoms with van der Waals surface area (Å²) in [7, 11) is 0. The number of fused-ring (bicyclic) bond motifs is 1. The monoisotopic (exact) mass is 408 g/mol. The molecule has 0 spiro atoms. The molecule has 2 unspecified atom stereocenters. The number of halogens is 5. The Hall–Kier alpha value is -3.50. The van der Waals surface area contributed by atoms with Crippen LogP contribution >= 0.6 is 0 Å². The summed E-state index contributed by atoms with van der Waals surface area (Å²) in [5.74, 6) is -2.56. The molecule has 3 N–H and O–H groups in total. The first-order chi connectivity index (χ1) is 13.8. The van der Waals surface area contributed by atoms with Crippen molar-refractivity contribution in [1.29, 1.82) is 0 Å². The van der Waals surface area contributed by atoms with Crippen molar-refractivity contribution in [3.8, 4) is 0 Å². The normalized spacial score (nSPS) is 20.8. The van der Waals surface area contributed by atoms with Gasteiger partial charge < -0.3 is 16.0 Å². The number of rotatable bonds is 2. The molecule has 2 aromatic rings. The van der Waals surface area contributed by atoms with Crippen LogP contribution in [-0.2, 0) is 0 Å². The van der Waals surface area contributed by atoms with Gasteiger partial charge in [0, 0.05) is 0 Å². The molecule has 29 heavy (non-hydrogen) atoms. The Morgan fingerprint density at radius 1 is 0.759 bits per heavy atom. The van der Waals surface area contributed by atoms with Crippen LogP contribution in [0.1, 0.15) is 0 Å². The van der Waals surface area contributed by atoms with Crippen LogP contribution in [0.4, 0.5) is 33.3 Å². The van der Waals surface area contributed by atoms with Crippen molar-refractivity contribution in [2.24, 2.45) is 15.0 Å². The lowest BCUT2D eigenvalue weighted by atomic mass is 10.2.